The van der Waals surface area contributed by atoms with Crippen LogP contribution in [-0.2, 0) is 9.47 Å². The molecule has 0 bridgehead atoms. The number of rotatable bonds is 27. The Morgan fingerprint density at radius 2 is 0.933 bits per heavy atom. The van der Waals surface area contributed by atoms with Crippen molar-refractivity contribution in [3.8, 4) is 28.7 Å². The summed E-state index contributed by atoms with van der Waals surface area (Å²) in [7, 11) is 2.07. The Morgan fingerprint density at radius 1 is 0.483 bits per heavy atom. The van der Waals surface area contributed by atoms with Crippen LogP contribution in [0.4, 0.5) is 28.4 Å². The lowest BCUT2D eigenvalue weighted by atomic mass is 9.90. The minimum Gasteiger partial charge on any atom is -0.494 e. The van der Waals surface area contributed by atoms with Crippen molar-refractivity contribution < 1.29 is 28.4 Å². The molecule has 1 aliphatic heterocycles. The molecular weight excluding hydrogens is 749 g/mol. The van der Waals surface area contributed by atoms with E-state index in [4.69, 9.17) is 28.4 Å². The van der Waals surface area contributed by atoms with Gasteiger partial charge in [0.05, 0.1) is 39.6 Å². The van der Waals surface area contributed by atoms with E-state index in [2.05, 4.69) is 104 Å². The van der Waals surface area contributed by atoms with Crippen LogP contribution in [-0.4, -0.2) is 53.3 Å². The number of unbranched alkanes of at least 4 members (excludes halogenated alkanes) is 7. The summed E-state index contributed by atoms with van der Waals surface area (Å²) >= 11 is 0. The molecule has 0 atom stereocenters. The van der Waals surface area contributed by atoms with Crippen LogP contribution >= 0.6 is 0 Å². The first-order valence-corrected chi connectivity index (χ1v) is 22.2. The largest absolute Gasteiger partial charge is 0.494 e. The fraction of sp³-hybridized carbons (Fsp3) is 0.423. The van der Waals surface area contributed by atoms with Gasteiger partial charge in [-0.25, -0.2) is 0 Å². The standard InChI is InChI=1S/C52H66N2O6/c1-5-7-9-11-32-57-48-23-15-19-43(35-48)53(4)42-27-29-47(30-28-42)60-51-26-18-22-46(38-51)54(44-20-16-24-49(36-44)58-33-12-10-8-6-2)45-21-17-25-50(37-45)59-34-14-13-31-55-39-52(3)40-56-41-52/h15-30,35-38H,5-14,31-34,39-41H2,1-4H3. The van der Waals surface area contributed by atoms with Crippen molar-refractivity contribution >= 4 is 28.4 Å². The van der Waals surface area contributed by atoms with E-state index in [0.29, 0.717) is 13.2 Å². The SMILES string of the molecule is CCCCCCOc1cccc(N(C)c2ccc(Oc3cccc(N(c4cccc(OCCCCCC)c4)c4cccc(OCCCCOCC5(C)COC5)c4)c3)cc2)c1. The Labute approximate surface area is 359 Å². The molecule has 0 aromatic heterocycles. The van der Waals surface area contributed by atoms with E-state index in [-0.39, 0.29) is 5.41 Å². The lowest BCUT2D eigenvalue weighted by Gasteiger charge is -2.37. The summed E-state index contributed by atoms with van der Waals surface area (Å²) in [4.78, 5) is 4.39. The third kappa shape index (κ3) is 13.7. The van der Waals surface area contributed by atoms with Gasteiger partial charge >= 0.3 is 0 Å². The highest BCUT2D eigenvalue weighted by Crippen LogP contribution is 2.40. The first kappa shape index (κ1) is 44.4. The number of nitrogens with zero attached hydrogens (tertiary/aromatic N) is 2. The number of ether oxygens (including phenoxy) is 6. The summed E-state index contributed by atoms with van der Waals surface area (Å²) in [6.07, 6.45) is 11.3. The number of hydrogen-bond acceptors (Lipinski definition) is 8. The molecule has 0 amide bonds. The highest BCUT2D eigenvalue weighted by molar-refractivity contribution is 5.78. The molecule has 8 nitrogen and oxygen atoms in total. The average molecular weight is 815 g/mol. The van der Waals surface area contributed by atoms with Gasteiger partial charge in [0.2, 0.25) is 0 Å². The van der Waals surface area contributed by atoms with Gasteiger partial charge in [-0.3, -0.25) is 0 Å². The van der Waals surface area contributed by atoms with Crippen LogP contribution in [0.5, 0.6) is 28.7 Å². The quantitative estimate of drug-likeness (QED) is 0.0486. The molecule has 320 valence electrons. The molecule has 0 unspecified atom stereocenters. The summed E-state index contributed by atoms with van der Waals surface area (Å²) in [5.41, 5.74) is 5.21. The van der Waals surface area contributed by atoms with Gasteiger partial charge in [0.1, 0.15) is 28.7 Å². The summed E-state index contributed by atoms with van der Waals surface area (Å²) in [6.45, 7) is 11.8. The molecule has 0 aliphatic carbocycles. The fourth-order valence-electron chi connectivity index (χ4n) is 7.15. The summed E-state index contributed by atoms with van der Waals surface area (Å²) in [5, 5.41) is 0. The van der Waals surface area contributed by atoms with Crippen molar-refractivity contribution in [1.82, 2.24) is 0 Å². The molecule has 5 aromatic carbocycles. The zero-order chi connectivity index (χ0) is 41.8. The third-order valence-corrected chi connectivity index (χ3v) is 10.7. The summed E-state index contributed by atoms with van der Waals surface area (Å²) in [6, 6.07) is 41.3. The molecular formula is C52H66N2O6. The Hall–Kier alpha value is -5.18. The first-order chi connectivity index (χ1) is 29.4. The number of benzene rings is 5. The van der Waals surface area contributed by atoms with E-state index in [1.807, 2.05) is 54.6 Å². The van der Waals surface area contributed by atoms with Crippen molar-refractivity contribution in [3.05, 3.63) is 121 Å². The maximum atomic E-state index is 6.50. The molecule has 1 heterocycles. The molecule has 0 N–H and O–H groups in total. The van der Waals surface area contributed by atoms with Gasteiger partial charge in [0, 0.05) is 71.8 Å². The molecule has 1 fully saturated rings. The van der Waals surface area contributed by atoms with E-state index in [9.17, 15) is 0 Å². The Kier molecular flexibility index (Phi) is 17.4. The van der Waals surface area contributed by atoms with E-state index >= 15 is 0 Å². The van der Waals surface area contributed by atoms with Crippen molar-refractivity contribution in [2.75, 3.05) is 63.1 Å². The van der Waals surface area contributed by atoms with E-state index in [1.54, 1.807) is 0 Å². The van der Waals surface area contributed by atoms with Crippen LogP contribution in [0.2, 0.25) is 0 Å². The van der Waals surface area contributed by atoms with Crippen LogP contribution in [0.3, 0.4) is 0 Å². The predicted octanol–water partition coefficient (Wildman–Crippen LogP) is 13.8. The second kappa shape index (κ2) is 23.6. The van der Waals surface area contributed by atoms with Gasteiger partial charge in [0.15, 0.2) is 0 Å². The molecule has 60 heavy (non-hydrogen) atoms. The van der Waals surface area contributed by atoms with Crippen LogP contribution in [0.1, 0.15) is 85.0 Å². The Morgan fingerprint density at radius 3 is 1.43 bits per heavy atom. The first-order valence-electron chi connectivity index (χ1n) is 22.2. The molecule has 0 saturated carbocycles. The van der Waals surface area contributed by atoms with Gasteiger partial charge in [-0.1, -0.05) is 83.6 Å². The van der Waals surface area contributed by atoms with Crippen LogP contribution < -0.4 is 28.7 Å². The minimum absolute atomic E-state index is 0.175. The Balaban J connectivity index is 1.13. The molecule has 6 rings (SSSR count). The third-order valence-electron chi connectivity index (χ3n) is 10.7. The normalized spacial score (nSPS) is 13.0. The van der Waals surface area contributed by atoms with Crippen molar-refractivity contribution in [2.45, 2.75) is 85.0 Å². The summed E-state index contributed by atoms with van der Waals surface area (Å²) < 4.78 is 36.4. The van der Waals surface area contributed by atoms with Crippen LogP contribution in [0, 0.1) is 5.41 Å². The van der Waals surface area contributed by atoms with E-state index in [0.717, 1.165) is 116 Å². The maximum absolute atomic E-state index is 6.50. The van der Waals surface area contributed by atoms with Gasteiger partial charge in [-0.05, 0) is 98.5 Å². The maximum Gasteiger partial charge on any atom is 0.129 e. The molecule has 5 aromatic rings. The van der Waals surface area contributed by atoms with Crippen molar-refractivity contribution in [1.29, 1.82) is 0 Å². The monoisotopic (exact) mass is 814 g/mol. The highest BCUT2D eigenvalue weighted by atomic mass is 16.5. The second-order valence-corrected chi connectivity index (χ2v) is 16.2. The Bertz CT molecular complexity index is 2000. The molecule has 1 saturated heterocycles. The zero-order valence-corrected chi connectivity index (χ0v) is 36.4. The lowest BCUT2D eigenvalue weighted by Crippen LogP contribution is -2.43. The highest BCUT2D eigenvalue weighted by Gasteiger charge is 2.33. The van der Waals surface area contributed by atoms with Crippen LogP contribution in [0.15, 0.2) is 121 Å². The zero-order valence-electron chi connectivity index (χ0n) is 36.4. The summed E-state index contributed by atoms with van der Waals surface area (Å²) in [5.74, 6) is 4.05. The number of hydrogen-bond donors (Lipinski definition) is 0. The fourth-order valence-corrected chi connectivity index (χ4v) is 7.15. The van der Waals surface area contributed by atoms with Crippen LogP contribution in [0.25, 0.3) is 0 Å². The van der Waals surface area contributed by atoms with Gasteiger partial charge in [0.25, 0.3) is 0 Å². The average Bonchev–Trinajstić information content (AvgIpc) is 3.26. The van der Waals surface area contributed by atoms with E-state index in [1.165, 1.54) is 38.5 Å². The molecule has 1 aliphatic rings. The second-order valence-electron chi connectivity index (χ2n) is 16.2. The molecule has 8 heteroatoms. The van der Waals surface area contributed by atoms with Crippen molar-refractivity contribution in [3.63, 3.8) is 0 Å². The van der Waals surface area contributed by atoms with Gasteiger partial charge in [-0.15, -0.1) is 0 Å². The van der Waals surface area contributed by atoms with Gasteiger partial charge < -0.3 is 38.2 Å². The topological polar surface area (TPSA) is 61.9 Å². The molecule has 0 spiro atoms. The predicted molar refractivity (Wildman–Crippen MR) is 246 cm³/mol. The van der Waals surface area contributed by atoms with E-state index < -0.39 is 0 Å². The number of anilines is 5. The molecule has 0 radical (unpaired) electrons. The smallest absolute Gasteiger partial charge is 0.129 e. The van der Waals surface area contributed by atoms with Gasteiger partial charge in [-0.2, -0.15) is 0 Å². The lowest BCUT2D eigenvalue weighted by molar-refractivity contribution is -0.138. The minimum atomic E-state index is 0.175. The van der Waals surface area contributed by atoms with Crippen molar-refractivity contribution in [2.24, 2.45) is 5.41 Å².